The monoisotopic (exact) mass is 248 g/mol. The third kappa shape index (κ3) is 2.92. The quantitative estimate of drug-likeness (QED) is 0.785. The van der Waals surface area contributed by atoms with Crippen LogP contribution in [0.5, 0.6) is 0 Å². The SMILES string of the molecule is CN(C)c1ncc(CNCCc2ccco2)n1C. The normalized spacial score (nSPS) is 10.8. The number of rotatable bonds is 6. The van der Waals surface area contributed by atoms with E-state index in [1.54, 1.807) is 6.26 Å². The van der Waals surface area contributed by atoms with Crippen LogP contribution in [-0.2, 0) is 20.0 Å². The van der Waals surface area contributed by atoms with Crippen molar-refractivity contribution in [3.05, 3.63) is 36.0 Å². The summed E-state index contributed by atoms with van der Waals surface area (Å²) in [6, 6.07) is 3.91. The second kappa shape index (κ2) is 5.73. The lowest BCUT2D eigenvalue weighted by Crippen LogP contribution is -2.19. The summed E-state index contributed by atoms with van der Waals surface area (Å²) in [5, 5.41) is 3.39. The Hall–Kier alpha value is -1.75. The van der Waals surface area contributed by atoms with Gasteiger partial charge in [0.15, 0.2) is 0 Å². The van der Waals surface area contributed by atoms with E-state index in [0.29, 0.717) is 0 Å². The second-order valence-corrected chi connectivity index (χ2v) is 4.51. The van der Waals surface area contributed by atoms with Crippen LogP contribution in [0, 0.1) is 0 Å². The Labute approximate surface area is 107 Å². The Morgan fingerprint density at radius 2 is 2.28 bits per heavy atom. The van der Waals surface area contributed by atoms with Crippen molar-refractivity contribution in [1.29, 1.82) is 0 Å². The van der Waals surface area contributed by atoms with E-state index in [1.165, 1.54) is 5.69 Å². The molecule has 0 fully saturated rings. The predicted octanol–water partition coefficient (Wildman–Crippen LogP) is 1.41. The van der Waals surface area contributed by atoms with Crippen molar-refractivity contribution >= 4 is 5.95 Å². The van der Waals surface area contributed by atoms with E-state index in [0.717, 1.165) is 31.2 Å². The van der Waals surface area contributed by atoms with E-state index in [1.807, 2.05) is 44.4 Å². The van der Waals surface area contributed by atoms with Crippen LogP contribution in [0.4, 0.5) is 5.95 Å². The highest BCUT2D eigenvalue weighted by Gasteiger charge is 2.07. The summed E-state index contributed by atoms with van der Waals surface area (Å²) in [7, 11) is 6.03. The first-order chi connectivity index (χ1) is 8.68. The van der Waals surface area contributed by atoms with E-state index < -0.39 is 0 Å². The Kier molecular flexibility index (Phi) is 4.04. The van der Waals surface area contributed by atoms with Crippen LogP contribution in [0.15, 0.2) is 29.0 Å². The molecule has 0 aromatic carbocycles. The predicted molar refractivity (Wildman–Crippen MR) is 71.7 cm³/mol. The molecule has 0 unspecified atom stereocenters. The van der Waals surface area contributed by atoms with Gasteiger partial charge < -0.3 is 19.2 Å². The smallest absolute Gasteiger partial charge is 0.204 e. The molecule has 5 heteroatoms. The summed E-state index contributed by atoms with van der Waals surface area (Å²) in [5.74, 6) is 1.99. The molecule has 2 aromatic heterocycles. The maximum absolute atomic E-state index is 5.28. The molecule has 1 N–H and O–H groups in total. The average Bonchev–Trinajstić information content (AvgIpc) is 2.95. The summed E-state index contributed by atoms with van der Waals surface area (Å²) in [5.41, 5.74) is 1.18. The van der Waals surface area contributed by atoms with Crippen LogP contribution < -0.4 is 10.2 Å². The summed E-state index contributed by atoms with van der Waals surface area (Å²) >= 11 is 0. The van der Waals surface area contributed by atoms with Gasteiger partial charge in [0.05, 0.1) is 18.2 Å². The number of anilines is 1. The van der Waals surface area contributed by atoms with Crippen LogP contribution in [0.25, 0.3) is 0 Å². The van der Waals surface area contributed by atoms with Crippen LogP contribution in [-0.4, -0.2) is 30.2 Å². The topological polar surface area (TPSA) is 46.2 Å². The van der Waals surface area contributed by atoms with E-state index in [4.69, 9.17) is 4.42 Å². The van der Waals surface area contributed by atoms with E-state index >= 15 is 0 Å². The number of nitrogens with zero attached hydrogens (tertiary/aromatic N) is 3. The molecule has 2 aromatic rings. The molecule has 0 aliphatic heterocycles. The van der Waals surface area contributed by atoms with Gasteiger partial charge in [0.1, 0.15) is 5.76 Å². The first-order valence-electron chi connectivity index (χ1n) is 6.09. The summed E-state index contributed by atoms with van der Waals surface area (Å²) in [4.78, 5) is 6.38. The van der Waals surface area contributed by atoms with Crippen molar-refractivity contribution in [2.75, 3.05) is 25.5 Å². The van der Waals surface area contributed by atoms with Crippen molar-refractivity contribution in [2.45, 2.75) is 13.0 Å². The van der Waals surface area contributed by atoms with Gasteiger partial charge in [-0.2, -0.15) is 0 Å². The van der Waals surface area contributed by atoms with Crippen molar-refractivity contribution in [2.24, 2.45) is 7.05 Å². The molecule has 0 aliphatic carbocycles. The Morgan fingerprint density at radius 3 is 2.89 bits per heavy atom. The first kappa shape index (κ1) is 12.7. The van der Waals surface area contributed by atoms with E-state index in [9.17, 15) is 0 Å². The molecule has 0 spiro atoms. The fourth-order valence-electron chi connectivity index (χ4n) is 1.90. The van der Waals surface area contributed by atoms with Gasteiger partial charge in [-0.25, -0.2) is 4.98 Å². The molecule has 18 heavy (non-hydrogen) atoms. The van der Waals surface area contributed by atoms with Gasteiger partial charge in [0, 0.05) is 40.7 Å². The molecule has 0 aliphatic rings. The van der Waals surface area contributed by atoms with Gasteiger partial charge in [-0.05, 0) is 12.1 Å². The van der Waals surface area contributed by atoms with Gasteiger partial charge in [0.2, 0.25) is 5.95 Å². The molecule has 2 heterocycles. The molecule has 0 bridgehead atoms. The van der Waals surface area contributed by atoms with Crippen LogP contribution in [0.3, 0.4) is 0 Å². The Morgan fingerprint density at radius 1 is 1.44 bits per heavy atom. The van der Waals surface area contributed by atoms with Crippen LogP contribution in [0.2, 0.25) is 0 Å². The first-order valence-corrected chi connectivity index (χ1v) is 6.09. The fourth-order valence-corrected chi connectivity index (χ4v) is 1.90. The van der Waals surface area contributed by atoms with Crippen molar-refractivity contribution < 1.29 is 4.42 Å². The zero-order valence-electron chi connectivity index (χ0n) is 11.2. The number of imidazole rings is 1. The molecule has 98 valence electrons. The Balaban J connectivity index is 1.80. The molecule has 5 nitrogen and oxygen atoms in total. The Bertz CT molecular complexity index is 473. The zero-order chi connectivity index (χ0) is 13.0. The standard InChI is InChI=1S/C13H20N4O/c1-16(2)13-15-10-11(17(13)3)9-14-7-6-12-5-4-8-18-12/h4-5,8,10,14H,6-7,9H2,1-3H3. The number of hydrogen-bond donors (Lipinski definition) is 1. The molecule has 0 saturated carbocycles. The van der Waals surface area contributed by atoms with Crippen molar-refractivity contribution in [1.82, 2.24) is 14.9 Å². The highest BCUT2D eigenvalue weighted by molar-refractivity contribution is 5.30. The number of aromatic nitrogens is 2. The lowest BCUT2D eigenvalue weighted by atomic mass is 10.3. The number of nitrogens with one attached hydrogen (secondary N) is 1. The lowest BCUT2D eigenvalue weighted by molar-refractivity contribution is 0.497. The van der Waals surface area contributed by atoms with Gasteiger partial charge in [-0.3, -0.25) is 0 Å². The van der Waals surface area contributed by atoms with E-state index in [-0.39, 0.29) is 0 Å². The highest BCUT2D eigenvalue weighted by Crippen LogP contribution is 2.10. The lowest BCUT2D eigenvalue weighted by Gasteiger charge is -2.12. The number of furan rings is 1. The highest BCUT2D eigenvalue weighted by atomic mass is 16.3. The van der Waals surface area contributed by atoms with Gasteiger partial charge in [0.25, 0.3) is 0 Å². The summed E-state index contributed by atoms with van der Waals surface area (Å²) in [6.07, 6.45) is 4.53. The van der Waals surface area contributed by atoms with Gasteiger partial charge in [-0.15, -0.1) is 0 Å². The van der Waals surface area contributed by atoms with Gasteiger partial charge in [-0.1, -0.05) is 0 Å². The molecule has 0 amide bonds. The molecule has 0 atom stereocenters. The third-order valence-corrected chi connectivity index (χ3v) is 2.89. The molecular weight excluding hydrogens is 228 g/mol. The zero-order valence-corrected chi connectivity index (χ0v) is 11.2. The summed E-state index contributed by atoms with van der Waals surface area (Å²) < 4.78 is 7.38. The second-order valence-electron chi connectivity index (χ2n) is 4.51. The van der Waals surface area contributed by atoms with Gasteiger partial charge >= 0.3 is 0 Å². The minimum absolute atomic E-state index is 0.818. The van der Waals surface area contributed by atoms with Crippen molar-refractivity contribution in [3.8, 4) is 0 Å². The summed E-state index contributed by atoms with van der Waals surface area (Å²) in [6.45, 7) is 1.72. The minimum Gasteiger partial charge on any atom is -0.469 e. The van der Waals surface area contributed by atoms with Crippen molar-refractivity contribution in [3.63, 3.8) is 0 Å². The molecule has 0 saturated heterocycles. The van der Waals surface area contributed by atoms with Crippen LogP contribution >= 0.6 is 0 Å². The maximum Gasteiger partial charge on any atom is 0.204 e. The van der Waals surface area contributed by atoms with E-state index in [2.05, 4.69) is 14.9 Å². The minimum atomic E-state index is 0.818. The maximum atomic E-state index is 5.28. The van der Waals surface area contributed by atoms with Crippen LogP contribution in [0.1, 0.15) is 11.5 Å². The molecule has 2 rings (SSSR count). The largest absolute Gasteiger partial charge is 0.469 e. The average molecular weight is 248 g/mol. The molecule has 0 radical (unpaired) electrons. The third-order valence-electron chi connectivity index (χ3n) is 2.89. The fraction of sp³-hybridized carbons (Fsp3) is 0.462. The number of hydrogen-bond acceptors (Lipinski definition) is 4. The molecular formula is C13H20N4O.